The first kappa shape index (κ1) is 20.0. The molecule has 1 aromatic carbocycles. The number of halogens is 1. The van der Waals surface area contributed by atoms with Crippen molar-refractivity contribution in [2.45, 2.75) is 39.3 Å². The Morgan fingerprint density at radius 3 is 2.79 bits per heavy atom. The van der Waals surface area contributed by atoms with Crippen LogP contribution in [-0.2, 0) is 0 Å². The molecule has 1 saturated heterocycles. The second-order valence-electron chi connectivity index (χ2n) is 7.16. The molecule has 2 aromatic rings. The normalized spacial score (nSPS) is 17.6. The van der Waals surface area contributed by atoms with E-state index in [1.54, 1.807) is 6.07 Å². The summed E-state index contributed by atoms with van der Waals surface area (Å²) in [5.74, 6) is 0.0225. The number of anilines is 1. The van der Waals surface area contributed by atoms with Gasteiger partial charge in [-0.15, -0.1) is 0 Å². The lowest BCUT2D eigenvalue weighted by molar-refractivity contribution is 0.0990. The Morgan fingerprint density at radius 2 is 2.14 bits per heavy atom. The van der Waals surface area contributed by atoms with Gasteiger partial charge in [-0.3, -0.25) is 4.79 Å². The molecule has 1 aromatic heterocycles. The molecule has 150 valence electrons. The Bertz CT molecular complexity index is 889. The average Bonchev–Trinajstić information content (AvgIpc) is 3.11. The number of hydrogen-bond donors (Lipinski definition) is 2. The molecule has 3 rings (SSSR count). The van der Waals surface area contributed by atoms with E-state index in [4.69, 9.17) is 10.5 Å². The molecule has 2 atom stereocenters. The van der Waals surface area contributed by atoms with Gasteiger partial charge in [-0.05, 0) is 44.9 Å². The molecule has 8 heteroatoms. The van der Waals surface area contributed by atoms with Crippen LogP contribution in [0.2, 0.25) is 0 Å². The van der Waals surface area contributed by atoms with E-state index in [9.17, 15) is 9.18 Å². The standard InChI is InChI=1S/C20H26FN5O2/c1-11-12(2)24-19(18(22)27)25-20(11)26-8-7-15(10-26)23-13(3)14-5-6-17(28-4)16(21)9-14/h5-6,9,13,15,23H,7-8,10H2,1-4H3,(H2,22,27)/t13?,15-/m1/s1. The number of rotatable bonds is 6. The van der Waals surface area contributed by atoms with Crippen LogP contribution < -0.4 is 20.7 Å². The molecule has 1 aliphatic rings. The van der Waals surface area contributed by atoms with Gasteiger partial charge in [0.25, 0.3) is 5.91 Å². The van der Waals surface area contributed by atoms with Gasteiger partial charge in [0, 0.05) is 36.4 Å². The third kappa shape index (κ3) is 4.06. The summed E-state index contributed by atoms with van der Waals surface area (Å²) in [6, 6.07) is 5.21. The van der Waals surface area contributed by atoms with E-state index < -0.39 is 5.91 Å². The summed E-state index contributed by atoms with van der Waals surface area (Å²) >= 11 is 0. The third-order valence-electron chi connectivity index (χ3n) is 5.23. The predicted molar refractivity (Wildman–Crippen MR) is 105 cm³/mol. The fourth-order valence-corrected chi connectivity index (χ4v) is 3.52. The van der Waals surface area contributed by atoms with Crippen LogP contribution in [0.4, 0.5) is 10.2 Å². The van der Waals surface area contributed by atoms with E-state index in [1.807, 2.05) is 26.8 Å². The van der Waals surface area contributed by atoms with Gasteiger partial charge in [0.15, 0.2) is 11.6 Å². The minimum atomic E-state index is -0.631. The summed E-state index contributed by atoms with van der Waals surface area (Å²) < 4.78 is 19.0. The Kier molecular flexibility index (Phi) is 5.79. The van der Waals surface area contributed by atoms with Crippen molar-refractivity contribution in [1.82, 2.24) is 15.3 Å². The number of primary amides is 1. The van der Waals surface area contributed by atoms with E-state index >= 15 is 0 Å². The molecule has 1 aliphatic heterocycles. The minimum Gasteiger partial charge on any atom is -0.494 e. The molecule has 2 heterocycles. The summed E-state index contributed by atoms with van der Waals surface area (Å²) in [5.41, 5.74) is 7.91. The quantitative estimate of drug-likeness (QED) is 0.790. The van der Waals surface area contributed by atoms with Gasteiger partial charge < -0.3 is 20.7 Å². The number of carbonyl (C=O) groups is 1. The number of ether oxygens (including phenoxy) is 1. The van der Waals surface area contributed by atoms with Crippen LogP contribution in [0.5, 0.6) is 5.75 Å². The van der Waals surface area contributed by atoms with Crippen molar-refractivity contribution in [2.75, 3.05) is 25.1 Å². The van der Waals surface area contributed by atoms with Gasteiger partial charge in [0.05, 0.1) is 7.11 Å². The molecule has 0 saturated carbocycles. The van der Waals surface area contributed by atoms with Crippen molar-refractivity contribution < 1.29 is 13.9 Å². The van der Waals surface area contributed by atoms with Crippen molar-refractivity contribution in [2.24, 2.45) is 5.73 Å². The molecule has 0 radical (unpaired) electrons. The van der Waals surface area contributed by atoms with Gasteiger partial charge >= 0.3 is 0 Å². The summed E-state index contributed by atoms with van der Waals surface area (Å²) in [6.45, 7) is 7.34. The van der Waals surface area contributed by atoms with Gasteiger partial charge in [-0.25, -0.2) is 14.4 Å². The van der Waals surface area contributed by atoms with Crippen LogP contribution in [0.3, 0.4) is 0 Å². The second kappa shape index (κ2) is 8.10. The van der Waals surface area contributed by atoms with Crippen LogP contribution >= 0.6 is 0 Å². The maximum absolute atomic E-state index is 14.0. The number of nitrogens with one attached hydrogen (secondary N) is 1. The zero-order chi connectivity index (χ0) is 20.4. The number of aryl methyl sites for hydroxylation is 1. The SMILES string of the molecule is COc1ccc(C(C)N[C@@H]2CCN(c3nc(C(N)=O)nc(C)c3C)C2)cc1F. The summed E-state index contributed by atoms with van der Waals surface area (Å²) in [4.78, 5) is 22.2. The predicted octanol–water partition coefficient (Wildman–Crippen LogP) is 2.27. The Labute approximate surface area is 164 Å². The molecule has 3 N–H and O–H groups in total. The van der Waals surface area contributed by atoms with Gasteiger partial charge in [-0.2, -0.15) is 0 Å². The number of nitrogens with zero attached hydrogens (tertiary/aromatic N) is 3. The van der Waals surface area contributed by atoms with Crippen LogP contribution in [0.1, 0.15) is 46.8 Å². The molecular weight excluding hydrogens is 361 g/mol. The fraction of sp³-hybridized carbons (Fsp3) is 0.450. The Balaban J connectivity index is 1.70. The molecule has 0 spiro atoms. The lowest BCUT2D eigenvalue weighted by atomic mass is 10.1. The molecule has 0 bridgehead atoms. The smallest absolute Gasteiger partial charge is 0.286 e. The molecule has 0 aliphatic carbocycles. The molecule has 1 fully saturated rings. The maximum Gasteiger partial charge on any atom is 0.286 e. The molecule has 28 heavy (non-hydrogen) atoms. The van der Waals surface area contributed by atoms with Crippen molar-refractivity contribution in [1.29, 1.82) is 0 Å². The average molecular weight is 387 g/mol. The number of methoxy groups -OCH3 is 1. The molecular formula is C20H26FN5O2. The number of nitrogens with two attached hydrogens (primary N) is 1. The third-order valence-corrected chi connectivity index (χ3v) is 5.23. The molecule has 1 amide bonds. The Morgan fingerprint density at radius 1 is 1.39 bits per heavy atom. The maximum atomic E-state index is 14.0. The first-order valence-corrected chi connectivity index (χ1v) is 9.29. The molecule has 1 unspecified atom stereocenters. The largest absolute Gasteiger partial charge is 0.494 e. The lowest BCUT2D eigenvalue weighted by Crippen LogP contribution is -2.35. The zero-order valence-electron chi connectivity index (χ0n) is 16.6. The summed E-state index contributed by atoms with van der Waals surface area (Å²) in [5, 5.41) is 3.55. The highest BCUT2D eigenvalue weighted by molar-refractivity contribution is 5.89. The van der Waals surface area contributed by atoms with Crippen LogP contribution in [0, 0.1) is 19.7 Å². The fourth-order valence-electron chi connectivity index (χ4n) is 3.52. The van der Waals surface area contributed by atoms with Crippen molar-refractivity contribution in [3.63, 3.8) is 0 Å². The van der Waals surface area contributed by atoms with E-state index in [-0.39, 0.29) is 29.5 Å². The lowest BCUT2D eigenvalue weighted by Gasteiger charge is -2.23. The Hall–Kier alpha value is -2.74. The second-order valence-corrected chi connectivity index (χ2v) is 7.16. The van der Waals surface area contributed by atoms with Crippen LogP contribution in [0.25, 0.3) is 0 Å². The zero-order valence-corrected chi connectivity index (χ0v) is 16.6. The van der Waals surface area contributed by atoms with Crippen LogP contribution in [0.15, 0.2) is 18.2 Å². The molecule has 7 nitrogen and oxygen atoms in total. The number of aromatic nitrogens is 2. The van der Waals surface area contributed by atoms with E-state index in [0.29, 0.717) is 0 Å². The van der Waals surface area contributed by atoms with E-state index in [0.717, 1.165) is 42.1 Å². The van der Waals surface area contributed by atoms with Crippen LogP contribution in [-0.4, -0.2) is 42.1 Å². The highest BCUT2D eigenvalue weighted by Gasteiger charge is 2.27. The van der Waals surface area contributed by atoms with E-state index in [1.165, 1.54) is 13.2 Å². The van der Waals surface area contributed by atoms with Crippen molar-refractivity contribution >= 4 is 11.7 Å². The summed E-state index contributed by atoms with van der Waals surface area (Å²) in [7, 11) is 1.45. The van der Waals surface area contributed by atoms with E-state index in [2.05, 4.69) is 20.2 Å². The van der Waals surface area contributed by atoms with Gasteiger partial charge in [0.2, 0.25) is 5.82 Å². The summed E-state index contributed by atoms with van der Waals surface area (Å²) in [6.07, 6.45) is 0.914. The minimum absolute atomic E-state index is 0.0141. The first-order chi connectivity index (χ1) is 13.3. The van der Waals surface area contributed by atoms with Crippen molar-refractivity contribution in [3.8, 4) is 5.75 Å². The first-order valence-electron chi connectivity index (χ1n) is 9.29. The monoisotopic (exact) mass is 387 g/mol. The number of hydrogen-bond acceptors (Lipinski definition) is 6. The number of benzene rings is 1. The van der Waals surface area contributed by atoms with Gasteiger partial charge in [0.1, 0.15) is 5.82 Å². The number of amides is 1. The highest BCUT2D eigenvalue weighted by atomic mass is 19.1. The topological polar surface area (TPSA) is 93.4 Å². The van der Waals surface area contributed by atoms with Gasteiger partial charge in [-0.1, -0.05) is 6.07 Å². The van der Waals surface area contributed by atoms with Crippen molar-refractivity contribution in [3.05, 3.63) is 46.7 Å². The highest BCUT2D eigenvalue weighted by Crippen LogP contribution is 2.26. The number of carbonyl (C=O) groups excluding carboxylic acids is 1.